The van der Waals surface area contributed by atoms with Gasteiger partial charge in [0.25, 0.3) is 5.91 Å². The second-order valence-electron chi connectivity index (χ2n) is 8.51. The molecule has 0 aromatic heterocycles. The van der Waals surface area contributed by atoms with Gasteiger partial charge in [0.2, 0.25) is 0 Å². The number of methoxy groups -OCH3 is 1. The Hall–Kier alpha value is -2.34. The molecule has 1 aromatic rings. The number of carbonyl (C=O) groups excluding carboxylic acids is 2. The molecule has 1 amide bonds. The van der Waals surface area contributed by atoms with Gasteiger partial charge in [-0.1, -0.05) is 46.8 Å². The van der Waals surface area contributed by atoms with E-state index in [9.17, 15) is 14.7 Å². The zero-order valence-corrected chi connectivity index (χ0v) is 17.6. The number of hydrogen-bond donors (Lipinski definition) is 1. The first-order valence-corrected chi connectivity index (χ1v) is 9.58. The summed E-state index contributed by atoms with van der Waals surface area (Å²) in [7, 11) is 1.55. The maximum Gasteiger partial charge on any atom is 0.290 e. The van der Waals surface area contributed by atoms with Crippen LogP contribution in [-0.4, -0.2) is 48.6 Å². The van der Waals surface area contributed by atoms with Crippen LogP contribution in [0.25, 0.3) is 0 Å². The van der Waals surface area contributed by atoms with E-state index in [1.807, 2.05) is 24.3 Å². The van der Waals surface area contributed by atoms with Crippen molar-refractivity contribution in [3.63, 3.8) is 0 Å². The van der Waals surface area contributed by atoms with Crippen LogP contribution >= 0.6 is 0 Å². The topological polar surface area (TPSA) is 76.1 Å². The van der Waals surface area contributed by atoms with Crippen molar-refractivity contribution in [1.82, 2.24) is 4.90 Å². The molecule has 1 aromatic carbocycles. The summed E-state index contributed by atoms with van der Waals surface area (Å²) in [6.45, 7) is 10.7. The summed E-state index contributed by atoms with van der Waals surface area (Å²) in [5, 5.41) is 10.5. The Labute approximate surface area is 167 Å². The summed E-state index contributed by atoms with van der Waals surface area (Å²) in [6.07, 6.45) is 0. The minimum absolute atomic E-state index is 0.143. The van der Waals surface area contributed by atoms with Crippen LogP contribution < -0.4 is 4.74 Å². The molecule has 28 heavy (non-hydrogen) atoms. The van der Waals surface area contributed by atoms with E-state index in [0.717, 1.165) is 11.3 Å². The van der Waals surface area contributed by atoms with Crippen LogP contribution in [0.1, 0.15) is 46.2 Å². The van der Waals surface area contributed by atoms with Crippen molar-refractivity contribution in [3.05, 3.63) is 41.2 Å². The van der Waals surface area contributed by atoms with Gasteiger partial charge in [-0.15, -0.1) is 0 Å². The fraction of sp³-hybridized carbons (Fsp3) is 0.545. The molecule has 1 atom stereocenters. The zero-order valence-electron chi connectivity index (χ0n) is 17.6. The van der Waals surface area contributed by atoms with Crippen molar-refractivity contribution in [3.8, 4) is 5.75 Å². The molecule has 1 heterocycles. The van der Waals surface area contributed by atoms with Crippen LogP contribution in [0.15, 0.2) is 35.6 Å². The molecule has 0 saturated heterocycles. The van der Waals surface area contributed by atoms with E-state index in [0.29, 0.717) is 19.1 Å². The first kappa shape index (κ1) is 22.0. The highest BCUT2D eigenvalue weighted by atomic mass is 16.5. The maximum atomic E-state index is 13.0. The molecule has 0 aliphatic carbocycles. The van der Waals surface area contributed by atoms with Gasteiger partial charge in [0.1, 0.15) is 5.75 Å². The number of benzene rings is 1. The molecule has 1 unspecified atom stereocenters. The van der Waals surface area contributed by atoms with Crippen LogP contribution in [0.5, 0.6) is 5.75 Å². The Morgan fingerprint density at radius 3 is 2.32 bits per heavy atom. The third-order valence-corrected chi connectivity index (χ3v) is 4.54. The molecule has 0 radical (unpaired) electrons. The Morgan fingerprint density at radius 2 is 1.82 bits per heavy atom. The lowest BCUT2D eigenvalue weighted by Gasteiger charge is -2.28. The lowest BCUT2D eigenvalue weighted by Crippen LogP contribution is -2.35. The van der Waals surface area contributed by atoms with E-state index >= 15 is 0 Å². The van der Waals surface area contributed by atoms with Gasteiger partial charge < -0.3 is 19.5 Å². The summed E-state index contributed by atoms with van der Waals surface area (Å²) in [5.74, 6) is -0.131. The van der Waals surface area contributed by atoms with Crippen molar-refractivity contribution in [2.24, 2.45) is 11.3 Å². The fourth-order valence-corrected chi connectivity index (χ4v) is 3.07. The quantitative estimate of drug-likeness (QED) is 0.734. The minimum atomic E-state index is -0.723. The molecule has 0 saturated carbocycles. The van der Waals surface area contributed by atoms with Gasteiger partial charge in [-0.05, 0) is 23.6 Å². The average Bonchev–Trinajstić information content (AvgIpc) is 2.88. The van der Waals surface area contributed by atoms with Crippen molar-refractivity contribution in [1.29, 1.82) is 0 Å². The monoisotopic (exact) mass is 389 g/mol. The van der Waals surface area contributed by atoms with E-state index in [1.165, 1.54) is 4.90 Å². The highest BCUT2D eigenvalue weighted by Gasteiger charge is 2.45. The van der Waals surface area contributed by atoms with E-state index in [4.69, 9.17) is 9.47 Å². The molecule has 0 fully saturated rings. The SMILES string of the molecule is COCCN1C(=O)C(O)=C(C(=O)C(C)(C)C)C1c1ccc(OCC(C)C)cc1. The van der Waals surface area contributed by atoms with Crippen LogP contribution in [0, 0.1) is 11.3 Å². The van der Waals surface area contributed by atoms with Gasteiger partial charge >= 0.3 is 0 Å². The molecule has 2 rings (SSSR count). The van der Waals surface area contributed by atoms with Crippen molar-refractivity contribution in [2.75, 3.05) is 26.9 Å². The van der Waals surface area contributed by atoms with Crippen LogP contribution in [-0.2, 0) is 14.3 Å². The summed E-state index contributed by atoms with van der Waals surface area (Å²) < 4.78 is 10.8. The predicted octanol–water partition coefficient (Wildman–Crippen LogP) is 3.68. The molecule has 154 valence electrons. The number of aliphatic hydroxyl groups is 1. The number of amides is 1. The first-order valence-electron chi connectivity index (χ1n) is 9.58. The summed E-state index contributed by atoms with van der Waals surface area (Å²) in [5.41, 5.74) is 0.168. The van der Waals surface area contributed by atoms with Gasteiger partial charge in [0.15, 0.2) is 11.5 Å². The number of hydrogen-bond acceptors (Lipinski definition) is 5. The van der Waals surface area contributed by atoms with Gasteiger partial charge in [0, 0.05) is 19.1 Å². The molecule has 1 aliphatic heterocycles. The van der Waals surface area contributed by atoms with Crippen molar-refractivity contribution < 1.29 is 24.2 Å². The third-order valence-electron chi connectivity index (χ3n) is 4.54. The van der Waals surface area contributed by atoms with E-state index in [2.05, 4.69) is 13.8 Å². The summed E-state index contributed by atoms with van der Waals surface area (Å²) in [6, 6.07) is 6.67. The minimum Gasteiger partial charge on any atom is -0.503 e. The Morgan fingerprint density at radius 1 is 1.21 bits per heavy atom. The lowest BCUT2D eigenvalue weighted by molar-refractivity contribution is -0.130. The molecular formula is C22H31NO5. The Bertz CT molecular complexity index is 743. The number of carbonyl (C=O) groups is 2. The first-order chi connectivity index (χ1) is 13.1. The van der Waals surface area contributed by atoms with Crippen molar-refractivity contribution >= 4 is 11.7 Å². The third kappa shape index (κ3) is 4.73. The second-order valence-corrected chi connectivity index (χ2v) is 8.51. The Balaban J connectivity index is 2.41. The van der Waals surface area contributed by atoms with Crippen molar-refractivity contribution in [2.45, 2.75) is 40.7 Å². The lowest BCUT2D eigenvalue weighted by atomic mass is 9.82. The van der Waals surface area contributed by atoms with Crippen LogP contribution in [0.2, 0.25) is 0 Å². The fourth-order valence-electron chi connectivity index (χ4n) is 3.07. The largest absolute Gasteiger partial charge is 0.503 e. The van der Waals surface area contributed by atoms with Gasteiger partial charge in [-0.25, -0.2) is 0 Å². The normalized spacial score (nSPS) is 17.6. The molecular weight excluding hydrogens is 358 g/mol. The predicted molar refractivity (Wildman–Crippen MR) is 107 cm³/mol. The number of rotatable bonds is 8. The summed E-state index contributed by atoms with van der Waals surface area (Å²) in [4.78, 5) is 27.2. The molecule has 6 heteroatoms. The zero-order chi connectivity index (χ0) is 21.1. The van der Waals surface area contributed by atoms with Gasteiger partial charge in [0.05, 0.1) is 24.8 Å². The van der Waals surface area contributed by atoms with E-state index < -0.39 is 23.1 Å². The number of ether oxygens (including phenoxy) is 2. The van der Waals surface area contributed by atoms with Crippen LogP contribution in [0.4, 0.5) is 0 Å². The number of nitrogens with zero attached hydrogens (tertiary/aromatic N) is 1. The average molecular weight is 389 g/mol. The standard InChI is InChI=1S/C22H31NO5/c1-14(2)13-28-16-9-7-15(8-10-16)18-17(20(25)22(3,4)5)19(24)21(26)23(18)11-12-27-6/h7-10,14,18,24H,11-13H2,1-6H3. The summed E-state index contributed by atoms with van der Waals surface area (Å²) >= 11 is 0. The molecule has 0 bridgehead atoms. The highest BCUT2D eigenvalue weighted by Crippen LogP contribution is 2.41. The molecule has 1 N–H and O–H groups in total. The maximum absolute atomic E-state index is 13.0. The number of Topliss-reactive ketones (excluding diaryl/α,β-unsaturated/α-hetero) is 1. The molecule has 1 aliphatic rings. The Kier molecular flexibility index (Phi) is 6.88. The van der Waals surface area contributed by atoms with Gasteiger partial charge in [-0.3, -0.25) is 9.59 Å². The number of aliphatic hydroxyl groups excluding tert-OH is 1. The smallest absolute Gasteiger partial charge is 0.290 e. The van der Waals surface area contributed by atoms with E-state index in [1.54, 1.807) is 27.9 Å². The second kappa shape index (κ2) is 8.78. The van der Waals surface area contributed by atoms with Crippen LogP contribution in [0.3, 0.4) is 0 Å². The highest BCUT2D eigenvalue weighted by molar-refractivity contribution is 6.10. The molecule has 0 spiro atoms. The van der Waals surface area contributed by atoms with Gasteiger partial charge in [-0.2, -0.15) is 0 Å². The van der Waals surface area contributed by atoms with E-state index in [-0.39, 0.29) is 17.9 Å². The number of ketones is 1. The molecule has 6 nitrogen and oxygen atoms in total.